The molecule has 4 aromatic rings. The van der Waals surface area contributed by atoms with Gasteiger partial charge in [-0.1, -0.05) is 18.2 Å². The topological polar surface area (TPSA) is 90.8 Å². The first-order valence-electron chi connectivity index (χ1n) is 8.48. The van der Waals surface area contributed by atoms with E-state index in [1.165, 1.54) is 4.80 Å². The summed E-state index contributed by atoms with van der Waals surface area (Å²) in [7, 11) is 0. The van der Waals surface area contributed by atoms with Crippen molar-refractivity contribution in [2.24, 2.45) is 0 Å². The maximum atomic E-state index is 12.7. The molecule has 4 rings (SSSR count). The van der Waals surface area contributed by atoms with Crippen LogP contribution in [0.1, 0.15) is 27.7 Å². The monoisotopic (exact) mass is 362 g/mol. The molecule has 1 aromatic carbocycles. The smallest absolute Gasteiger partial charge is 0.279 e. The van der Waals surface area contributed by atoms with Crippen molar-refractivity contribution in [1.29, 1.82) is 0 Å². The Bertz CT molecular complexity index is 1080. The van der Waals surface area contributed by atoms with Gasteiger partial charge in [0.15, 0.2) is 5.69 Å². The van der Waals surface area contributed by atoms with Gasteiger partial charge in [0, 0.05) is 6.07 Å². The highest BCUT2D eigenvalue weighted by Crippen LogP contribution is 2.15. The third-order valence-corrected chi connectivity index (χ3v) is 4.04. The molecule has 0 spiro atoms. The van der Waals surface area contributed by atoms with Gasteiger partial charge in [0.05, 0.1) is 17.6 Å². The Hall–Kier alpha value is -3.68. The minimum atomic E-state index is -0.341. The predicted molar refractivity (Wildman–Crippen MR) is 98.8 cm³/mol. The summed E-state index contributed by atoms with van der Waals surface area (Å²) in [6, 6.07) is 15.0. The van der Waals surface area contributed by atoms with Crippen LogP contribution in [-0.4, -0.2) is 30.7 Å². The third-order valence-electron chi connectivity index (χ3n) is 4.04. The van der Waals surface area contributed by atoms with Gasteiger partial charge in [-0.25, -0.2) is 4.68 Å². The second kappa shape index (κ2) is 6.91. The molecule has 0 aliphatic heterocycles. The van der Waals surface area contributed by atoms with Gasteiger partial charge in [0.25, 0.3) is 5.91 Å². The molecule has 0 fully saturated rings. The van der Waals surface area contributed by atoms with Crippen molar-refractivity contribution < 1.29 is 9.21 Å². The summed E-state index contributed by atoms with van der Waals surface area (Å²) < 4.78 is 7.23. The number of aromatic nitrogens is 5. The van der Waals surface area contributed by atoms with Crippen LogP contribution in [0.4, 0.5) is 5.82 Å². The number of para-hydroxylation sites is 1. The summed E-state index contributed by atoms with van der Waals surface area (Å²) in [5, 5.41) is 15.7. The van der Waals surface area contributed by atoms with E-state index in [1.54, 1.807) is 23.9 Å². The lowest BCUT2D eigenvalue weighted by Gasteiger charge is -2.07. The molecule has 1 amide bonds. The molecule has 27 heavy (non-hydrogen) atoms. The van der Waals surface area contributed by atoms with Crippen LogP contribution in [0.5, 0.6) is 0 Å². The SMILES string of the molecule is Cc1ccc(Cn2nccc2NC(=O)c2nn(-c3ccccc3)nc2C)o1. The van der Waals surface area contributed by atoms with Crippen molar-refractivity contribution in [1.82, 2.24) is 24.8 Å². The predicted octanol–water partition coefficient (Wildman–Crippen LogP) is 2.97. The first-order valence-corrected chi connectivity index (χ1v) is 8.48. The normalized spacial score (nSPS) is 10.9. The van der Waals surface area contributed by atoms with E-state index >= 15 is 0 Å². The molecule has 8 nitrogen and oxygen atoms in total. The number of rotatable bonds is 5. The number of furan rings is 1. The maximum Gasteiger partial charge on any atom is 0.279 e. The zero-order chi connectivity index (χ0) is 18.8. The summed E-state index contributed by atoms with van der Waals surface area (Å²) in [5.41, 5.74) is 1.60. The Balaban J connectivity index is 1.54. The molecule has 8 heteroatoms. The number of aryl methyl sites for hydroxylation is 2. The first kappa shape index (κ1) is 16.8. The highest BCUT2D eigenvalue weighted by Gasteiger charge is 2.18. The van der Waals surface area contributed by atoms with Crippen molar-refractivity contribution >= 4 is 11.7 Å². The minimum Gasteiger partial charge on any atom is -0.464 e. The van der Waals surface area contributed by atoms with E-state index in [-0.39, 0.29) is 11.6 Å². The fourth-order valence-corrected chi connectivity index (χ4v) is 2.72. The number of nitrogens with zero attached hydrogens (tertiary/aromatic N) is 5. The summed E-state index contributed by atoms with van der Waals surface area (Å²) in [5.74, 6) is 1.81. The number of benzene rings is 1. The van der Waals surface area contributed by atoms with E-state index in [4.69, 9.17) is 4.42 Å². The van der Waals surface area contributed by atoms with Gasteiger partial charge in [0.1, 0.15) is 23.9 Å². The standard InChI is InChI=1S/C19H18N6O2/c1-13-8-9-16(27-13)12-24-17(10-11-20-24)21-19(26)18-14(2)22-25(23-18)15-6-4-3-5-7-15/h3-11H,12H2,1-2H3,(H,21,26). The summed E-state index contributed by atoms with van der Waals surface area (Å²) >= 11 is 0. The molecule has 0 unspecified atom stereocenters. The van der Waals surface area contributed by atoms with Crippen LogP contribution in [0.25, 0.3) is 5.69 Å². The number of nitrogens with one attached hydrogen (secondary N) is 1. The van der Waals surface area contributed by atoms with E-state index < -0.39 is 0 Å². The van der Waals surface area contributed by atoms with Crippen LogP contribution in [-0.2, 0) is 6.54 Å². The molecule has 0 bridgehead atoms. The molecule has 0 radical (unpaired) electrons. The number of carbonyl (C=O) groups is 1. The Morgan fingerprint density at radius 1 is 1.07 bits per heavy atom. The highest BCUT2D eigenvalue weighted by atomic mass is 16.3. The second-order valence-electron chi connectivity index (χ2n) is 6.10. The molecule has 0 atom stereocenters. The van der Waals surface area contributed by atoms with Gasteiger partial charge in [0.2, 0.25) is 0 Å². The van der Waals surface area contributed by atoms with Crippen molar-refractivity contribution in [3.63, 3.8) is 0 Å². The van der Waals surface area contributed by atoms with Crippen molar-refractivity contribution in [2.45, 2.75) is 20.4 Å². The number of amides is 1. The van der Waals surface area contributed by atoms with Gasteiger partial charge in [-0.2, -0.15) is 15.0 Å². The van der Waals surface area contributed by atoms with Gasteiger partial charge >= 0.3 is 0 Å². The zero-order valence-corrected chi connectivity index (χ0v) is 15.0. The third kappa shape index (κ3) is 3.50. The van der Waals surface area contributed by atoms with E-state index in [9.17, 15) is 4.79 Å². The van der Waals surface area contributed by atoms with Crippen LogP contribution in [0.3, 0.4) is 0 Å². The Labute approximate surface area is 155 Å². The molecule has 3 heterocycles. The van der Waals surface area contributed by atoms with Crippen LogP contribution in [0, 0.1) is 13.8 Å². The molecule has 0 aliphatic carbocycles. The fourth-order valence-electron chi connectivity index (χ4n) is 2.72. The van der Waals surface area contributed by atoms with Gasteiger partial charge in [-0.3, -0.25) is 4.79 Å². The molecule has 0 aliphatic rings. The Kier molecular flexibility index (Phi) is 4.29. The Morgan fingerprint density at radius 3 is 2.63 bits per heavy atom. The molecule has 3 aromatic heterocycles. The van der Waals surface area contributed by atoms with E-state index in [2.05, 4.69) is 20.6 Å². The fraction of sp³-hybridized carbons (Fsp3) is 0.158. The van der Waals surface area contributed by atoms with Crippen LogP contribution in [0.2, 0.25) is 0 Å². The maximum absolute atomic E-state index is 12.7. The van der Waals surface area contributed by atoms with Crippen LogP contribution >= 0.6 is 0 Å². The lowest BCUT2D eigenvalue weighted by molar-refractivity contribution is 0.102. The number of hydrogen-bond acceptors (Lipinski definition) is 5. The minimum absolute atomic E-state index is 0.264. The van der Waals surface area contributed by atoms with E-state index in [0.29, 0.717) is 18.1 Å². The summed E-state index contributed by atoms with van der Waals surface area (Å²) in [6.45, 7) is 4.06. The van der Waals surface area contributed by atoms with Crippen molar-refractivity contribution in [3.05, 3.63) is 77.6 Å². The van der Waals surface area contributed by atoms with Gasteiger partial charge in [-0.15, -0.1) is 5.10 Å². The lowest BCUT2D eigenvalue weighted by Crippen LogP contribution is -2.17. The largest absolute Gasteiger partial charge is 0.464 e. The quantitative estimate of drug-likeness (QED) is 0.589. The Morgan fingerprint density at radius 2 is 1.89 bits per heavy atom. The zero-order valence-electron chi connectivity index (χ0n) is 15.0. The van der Waals surface area contributed by atoms with Gasteiger partial charge < -0.3 is 9.73 Å². The van der Waals surface area contributed by atoms with Crippen molar-refractivity contribution in [2.75, 3.05) is 5.32 Å². The number of anilines is 1. The van der Waals surface area contributed by atoms with Crippen LogP contribution in [0.15, 0.2) is 59.1 Å². The van der Waals surface area contributed by atoms with Gasteiger partial charge in [-0.05, 0) is 38.1 Å². The summed E-state index contributed by atoms with van der Waals surface area (Å²) in [4.78, 5) is 14.1. The average Bonchev–Trinajstić information content (AvgIpc) is 3.37. The average molecular weight is 362 g/mol. The molecule has 0 saturated carbocycles. The lowest BCUT2D eigenvalue weighted by atomic mass is 10.3. The van der Waals surface area contributed by atoms with Crippen LogP contribution < -0.4 is 5.32 Å². The molecule has 1 N–H and O–H groups in total. The molecular formula is C19H18N6O2. The number of hydrogen-bond donors (Lipinski definition) is 1. The molecule has 0 saturated heterocycles. The molecule has 136 valence electrons. The second-order valence-corrected chi connectivity index (χ2v) is 6.10. The number of carbonyl (C=O) groups excluding carboxylic acids is 1. The van der Waals surface area contributed by atoms with Crippen molar-refractivity contribution in [3.8, 4) is 5.69 Å². The summed E-state index contributed by atoms with van der Waals surface area (Å²) in [6.07, 6.45) is 1.62. The highest BCUT2D eigenvalue weighted by molar-refractivity contribution is 6.03. The van der Waals surface area contributed by atoms with E-state index in [1.807, 2.05) is 49.4 Å². The first-order chi connectivity index (χ1) is 13.1. The van der Waals surface area contributed by atoms with E-state index in [0.717, 1.165) is 17.2 Å². The molecular weight excluding hydrogens is 344 g/mol.